The van der Waals surface area contributed by atoms with Gasteiger partial charge in [-0.15, -0.1) is 0 Å². The van der Waals surface area contributed by atoms with E-state index in [9.17, 15) is 0 Å². The van der Waals surface area contributed by atoms with Crippen molar-refractivity contribution in [2.45, 2.75) is 44.6 Å². The summed E-state index contributed by atoms with van der Waals surface area (Å²) < 4.78 is 11.4. The van der Waals surface area contributed by atoms with E-state index in [1.807, 2.05) is 12.1 Å². The molecular weight excluding hydrogens is 226 g/mol. The third-order valence-corrected chi connectivity index (χ3v) is 3.58. The largest absolute Gasteiger partial charge is 0.493 e. The maximum absolute atomic E-state index is 9.17. The lowest BCUT2D eigenvalue weighted by molar-refractivity contribution is 0.0457. The average molecular weight is 245 g/mol. The van der Waals surface area contributed by atoms with E-state index in [-0.39, 0.29) is 5.60 Å². The molecule has 0 aromatic heterocycles. The lowest BCUT2D eigenvalue weighted by Gasteiger charge is -2.34. The minimum atomic E-state index is -0.168. The van der Waals surface area contributed by atoms with Gasteiger partial charge in [0.1, 0.15) is 11.7 Å². The van der Waals surface area contributed by atoms with Crippen LogP contribution in [0.15, 0.2) is 18.2 Å². The number of rotatable bonds is 3. The Hall–Kier alpha value is -1.69. The number of methoxy groups -OCH3 is 1. The molecule has 0 saturated heterocycles. The normalized spacial score (nSPS) is 17.8. The third-order valence-electron chi connectivity index (χ3n) is 3.58. The first-order valence-electron chi connectivity index (χ1n) is 6.45. The second kappa shape index (κ2) is 5.30. The number of hydrogen-bond acceptors (Lipinski definition) is 3. The van der Waals surface area contributed by atoms with Gasteiger partial charge < -0.3 is 9.47 Å². The van der Waals surface area contributed by atoms with Gasteiger partial charge in [0.05, 0.1) is 12.7 Å². The molecule has 0 spiro atoms. The molecule has 1 aromatic carbocycles. The van der Waals surface area contributed by atoms with Crippen LogP contribution < -0.4 is 9.47 Å². The zero-order chi connectivity index (χ0) is 13.0. The third kappa shape index (κ3) is 2.59. The van der Waals surface area contributed by atoms with Gasteiger partial charge in [0.15, 0.2) is 11.5 Å². The number of ether oxygens (including phenoxy) is 2. The fraction of sp³-hybridized carbons (Fsp3) is 0.533. The Morgan fingerprint density at radius 2 is 1.94 bits per heavy atom. The Labute approximate surface area is 108 Å². The van der Waals surface area contributed by atoms with E-state index in [4.69, 9.17) is 14.7 Å². The highest BCUT2D eigenvalue weighted by Crippen LogP contribution is 2.38. The minimum absolute atomic E-state index is 0.168. The SMILES string of the molecule is COc1cccc(C#N)c1OC1(C)CCCCC1. The van der Waals surface area contributed by atoms with Gasteiger partial charge in [0.2, 0.25) is 0 Å². The molecular formula is C15H19NO2. The summed E-state index contributed by atoms with van der Waals surface area (Å²) in [6.07, 6.45) is 5.73. The van der Waals surface area contributed by atoms with Crippen LogP contribution in [0.1, 0.15) is 44.6 Å². The molecule has 1 saturated carbocycles. The van der Waals surface area contributed by atoms with Crippen LogP contribution in [-0.2, 0) is 0 Å². The number of nitriles is 1. The Morgan fingerprint density at radius 1 is 1.22 bits per heavy atom. The molecule has 0 unspecified atom stereocenters. The monoisotopic (exact) mass is 245 g/mol. The molecule has 96 valence electrons. The van der Waals surface area contributed by atoms with Gasteiger partial charge in [-0.2, -0.15) is 5.26 Å². The Balaban J connectivity index is 2.30. The highest BCUT2D eigenvalue weighted by molar-refractivity contribution is 5.52. The van der Waals surface area contributed by atoms with E-state index in [0.717, 1.165) is 12.8 Å². The van der Waals surface area contributed by atoms with E-state index in [2.05, 4.69) is 13.0 Å². The van der Waals surface area contributed by atoms with Crippen LogP contribution in [-0.4, -0.2) is 12.7 Å². The summed E-state index contributed by atoms with van der Waals surface area (Å²) in [5.74, 6) is 1.23. The Bertz CT molecular complexity index is 456. The van der Waals surface area contributed by atoms with Crippen molar-refractivity contribution in [3.05, 3.63) is 23.8 Å². The quantitative estimate of drug-likeness (QED) is 0.816. The lowest BCUT2D eigenvalue weighted by atomic mass is 9.86. The zero-order valence-corrected chi connectivity index (χ0v) is 11.0. The predicted octanol–water partition coefficient (Wildman–Crippen LogP) is 3.67. The van der Waals surface area contributed by atoms with E-state index < -0.39 is 0 Å². The molecule has 0 bridgehead atoms. The maximum atomic E-state index is 9.17. The van der Waals surface area contributed by atoms with Crippen LogP contribution in [0.5, 0.6) is 11.5 Å². The van der Waals surface area contributed by atoms with Gasteiger partial charge in [-0.05, 0) is 44.7 Å². The van der Waals surface area contributed by atoms with E-state index >= 15 is 0 Å². The van der Waals surface area contributed by atoms with Crippen molar-refractivity contribution in [3.63, 3.8) is 0 Å². The molecule has 0 atom stereocenters. The summed E-state index contributed by atoms with van der Waals surface area (Å²) in [6, 6.07) is 7.59. The van der Waals surface area contributed by atoms with Crippen molar-refractivity contribution in [1.82, 2.24) is 0 Å². The van der Waals surface area contributed by atoms with Crippen LogP contribution in [0.3, 0.4) is 0 Å². The summed E-state index contributed by atoms with van der Waals surface area (Å²) in [5.41, 5.74) is 0.375. The highest BCUT2D eigenvalue weighted by Gasteiger charge is 2.30. The van der Waals surface area contributed by atoms with Crippen molar-refractivity contribution < 1.29 is 9.47 Å². The molecule has 0 heterocycles. The van der Waals surface area contributed by atoms with Crippen LogP contribution in [0.25, 0.3) is 0 Å². The summed E-state index contributed by atoms with van der Waals surface area (Å²) in [6.45, 7) is 2.12. The lowest BCUT2D eigenvalue weighted by Crippen LogP contribution is -2.34. The molecule has 3 nitrogen and oxygen atoms in total. The fourth-order valence-corrected chi connectivity index (χ4v) is 2.52. The van der Waals surface area contributed by atoms with E-state index in [0.29, 0.717) is 17.1 Å². The van der Waals surface area contributed by atoms with Gasteiger partial charge in [0.25, 0.3) is 0 Å². The molecule has 0 radical (unpaired) electrons. The van der Waals surface area contributed by atoms with Gasteiger partial charge >= 0.3 is 0 Å². The molecule has 0 amide bonds. The maximum Gasteiger partial charge on any atom is 0.179 e. The van der Waals surface area contributed by atoms with Crippen molar-refractivity contribution in [2.75, 3.05) is 7.11 Å². The number of hydrogen-bond donors (Lipinski definition) is 0. The number of nitrogens with zero attached hydrogens (tertiary/aromatic N) is 1. The van der Waals surface area contributed by atoms with Gasteiger partial charge in [-0.3, -0.25) is 0 Å². The smallest absolute Gasteiger partial charge is 0.179 e. The highest BCUT2D eigenvalue weighted by atomic mass is 16.5. The summed E-state index contributed by atoms with van der Waals surface area (Å²) in [7, 11) is 1.60. The molecule has 1 aliphatic rings. The second-order valence-corrected chi connectivity index (χ2v) is 5.06. The standard InChI is InChI=1S/C15H19NO2/c1-15(9-4-3-5-10-15)18-14-12(11-16)7-6-8-13(14)17-2/h6-8H,3-5,9-10H2,1-2H3. The Morgan fingerprint density at radius 3 is 2.56 bits per heavy atom. The van der Waals surface area contributed by atoms with Crippen molar-refractivity contribution in [2.24, 2.45) is 0 Å². The van der Waals surface area contributed by atoms with E-state index in [1.54, 1.807) is 13.2 Å². The van der Waals surface area contributed by atoms with Gasteiger partial charge in [-0.25, -0.2) is 0 Å². The fourth-order valence-electron chi connectivity index (χ4n) is 2.52. The van der Waals surface area contributed by atoms with Gasteiger partial charge in [0, 0.05) is 0 Å². The molecule has 2 rings (SSSR count). The van der Waals surface area contributed by atoms with Crippen LogP contribution >= 0.6 is 0 Å². The molecule has 3 heteroatoms. The Kier molecular flexibility index (Phi) is 3.76. The number of para-hydroxylation sites is 1. The topological polar surface area (TPSA) is 42.2 Å². The minimum Gasteiger partial charge on any atom is -0.493 e. The van der Waals surface area contributed by atoms with Crippen LogP contribution in [0, 0.1) is 11.3 Å². The summed E-state index contributed by atoms with van der Waals surface area (Å²) in [4.78, 5) is 0. The molecule has 1 aromatic rings. The van der Waals surface area contributed by atoms with Crippen molar-refractivity contribution >= 4 is 0 Å². The zero-order valence-electron chi connectivity index (χ0n) is 11.0. The molecule has 1 aliphatic carbocycles. The molecule has 0 N–H and O–H groups in total. The molecule has 18 heavy (non-hydrogen) atoms. The summed E-state index contributed by atoms with van der Waals surface area (Å²) in [5, 5.41) is 9.17. The first-order valence-corrected chi connectivity index (χ1v) is 6.45. The molecule has 0 aliphatic heterocycles. The molecule has 1 fully saturated rings. The summed E-state index contributed by atoms with van der Waals surface area (Å²) >= 11 is 0. The van der Waals surface area contributed by atoms with Crippen molar-refractivity contribution in [1.29, 1.82) is 5.26 Å². The van der Waals surface area contributed by atoms with Crippen molar-refractivity contribution in [3.8, 4) is 17.6 Å². The van der Waals surface area contributed by atoms with Crippen LogP contribution in [0.4, 0.5) is 0 Å². The number of benzene rings is 1. The van der Waals surface area contributed by atoms with E-state index in [1.165, 1.54) is 19.3 Å². The van der Waals surface area contributed by atoms with Gasteiger partial charge in [-0.1, -0.05) is 12.5 Å². The van der Waals surface area contributed by atoms with Crippen LogP contribution in [0.2, 0.25) is 0 Å². The first kappa shape index (κ1) is 12.8. The predicted molar refractivity (Wildman–Crippen MR) is 69.8 cm³/mol. The average Bonchev–Trinajstić information content (AvgIpc) is 2.39. The second-order valence-electron chi connectivity index (χ2n) is 5.06. The first-order chi connectivity index (χ1) is 8.68.